The summed E-state index contributed by atoms with van der Waals surface area (Å²) in [6, 6.07) is 17.0. The third-order valence-electron chi connectivity index (χ3n) is 3.26. The molecule has 0 bridgehead atoms. The second kappa shape index (κ2) is 7.36. The van der Waals surface area contributed by atoms with E-state index in [-0.39, 0.29) is 6.04 Å². The van der Waals surface area contributed by atoms with Crippen LogP contribution < -0.4 is 10.1 Å². The van der Waals surface area contributed by atoms with Crippen LogP contribution in [0.1, 0.15) is 24.1 Å². The van der Waals surface area contributed by atoms with E-state index in [0.29, 0.717) is 0 Å². The van der Waals surface area contributed by atoms with Crippen LogP contribution in [-0.4, -0.2) is 19.9 Å². The van der Waals surface area contributed by atoms with Gasteiger partial charge in [-0.15, -0.1) is 11.8 Å². The van der Waals surface area contributed by atoms with Gasteiger partial charge >= 0.3 is 0 Å². The summed E-state index contributed by atoms with van der Waals surface area (Å²) in [5.41, 5.74) is 2.41. The summed E-state index contributed by atoms with van der Waals surface area (Å²) in [4.78, 5) is 1.31. The predicted molar refractivity (Wildman–Crippen MR) is 86.7 cm³/mol. The first kappa shape index (κ1) is 14.9. The lowest BCUT2D eigenvalue weighted by Crippen LogP contribution is -2.18. The number of para-hydroxylation sites is 1. The average molecular weight is 287 g/mol. The molecule has 0 aliphatic carbocycles. The van der Waals surface area contributed by atoms with Crippen molar-refractivity contribution in [1.82, 2.24) is 5.32 Å². The molecular formula is C17H21NOS. The van der Waals surface area contributed by atoms with E-state index in [0.717, 1.165) is 17.1 Å². The molecule has 106 valence electrons. The van der Waals surface area contributed by atoms with Crippen LogP contribution in [0, 0.1) is 0 Å². The molecule has 0 aliphatic rings. The smallest absolute Gasteiger partial charge is 0.123 e. The first-order valence-corrected chi connectivity index (χ1v) is 7.81. The standard InChI is InChI=1S/C17H21NOS/c1-4-20-14-11-9-13(10-12-14)17(18-2)15-7-5-6-8-16(15)19-3/h5-12,17-18H,4H2,1-3H3. The molecule has 0 aliphatic heterocycles. The Kier molecular flexibility index (Phi) is 5.50. The predicted octanol–water partition coefficient (Wildman–Crippen LogP) is 4.12. The summed E-state index contributed by atoms with van der Waals surface area (Å²) in [6.07, 6.45) is 0. The quantitative estimate of drug-likeness (QED) is 0.808. The van der Waals surface area contributed by atoms with E-state index in [1.807, 2.05) is 37.0 Å². The lowest BCUT2D eigenvalue weighted by molar-refractivity contribution is 0.405. The Morgan fingerprint density at radius 3 is 2.40 bits per heavy atom. The number of benzene rings is 2. The van der Waals surface area contributed by atoms with Crippen LogP contribution in [0.25, 0.3) is 0 Å². The van der Waals surface area contributed by atoms with Crippen molar-refractivity contribution in [2.45, 2.75) is 17.9 Å². The fraction of sp³-hybridized carbons (Fsp3) is 0.294. The van der Waals surface area contributed by atoms with E-state index >= 15 is 0 Å². The first-order valence-electron chi connectivity index (χ1n) is 6.83. The maximum absolute atomic E-state index is 5.47. The van der Waals surface area contributed by atoms with Crippen molar-refractivity contribution in [3.05, 3.63) is 59.7 Å². The van der Waals surface area contributed by atoms with E-state index in [1.165, 1.54) is 10.5 Å². The lowest BCUT2D eigenvalue weighted by atomic mass is 9.98. The van der Waals surface area contributed by atoms with Crippen LogP contribution in [0.5, 0.6) is 5.75 Å². The van der Waals surface area contributed by atoms with Gasteiger partial charge in [0.2, 0.25) is 0 Å². The lowest BCUT2D eigenvalue weighted by Gasteiger charge is -2.20. The Bertz CT molecular complexity index is 539. The Hall–Kier alpha value is -1.45. The second-order valence-electron chi connectivity index (χ2n) is 4.47. The Morgan fingerprint density at radius 2 is 1.80 bits per heavy atom. The van der Waals surface area contributed by atoms with Crippen molar-refractivity contribution in [3.8, 4) is 5.75 Å². The molecule has 0 saturated heterocycles. The summed E-state index contributed by atoms with van der Waals surface area (Å²) in [5, 5.41) is 3.37. The van der Waals surface area contributed by atoms with Crippen molar-refractivity contribution in [2.24, 2.45) is 0 Å². The van der Waals surface area contributed by atoms with Crippen LogP contribution in [0.2, 0.25) is 0 Å². The Labute approximate surface area is 125 Å². The van der Waals surface area contributed by atoms with Crippen LogP contribution >= 0.6 is 11.8 Å². The molecule has 2 nitrogen and oxygen atoms in total. The molecule has 1 unspecified atom stereocenters. The molecule has 1 atom stereocenters. The number of rotatable bonds is 6. The fourth-order valence-electron chi connectivity index (χ4n) is 2.33. The molecule has 0 saturated carbocycles. The normalized spacial score (nSPS) is 12.2. The van der Waals surface area contributed by atoms with Gasteiger partial charge in [0.25, 0.3) is 0 Å². The van der Waals surface area contributed by atoms with Crippen LogP contribution in [0.4, 0.5) is 0 Å². The van der Waals surface area contributed by atoms with E-state index in [1.54, 1.807) is 7.11 Å². The number of ether oxygens (including phenoxy) is 1. The summed E-state index contributed by atoms with van der Waals surface area (Å²) < 4.78 is 5.47. The topological polar surface area (TPSA) is 21.3 Å². The Morgan fingerprint density at radius 1 is 1.10 bits per heavy atom. The summed E-state index contributed by atoms with van der Waals surface area (Å²) in [7, 11) is 3.69. The molecule has 0 heterocycles. The van der Waals surface area contributed by atoms with Crippen molar-refractivity contribution >= 4 is 11.8 Å². The number of hydrogen-bond donors (Lipinski definition) is 1. The molecular weight excluding hydrogens is 266 g/mol. The molecule has 0 spiro atoms. The van der Waals surface area contributed by atoms with Crippen molar-refractivity contribution in [1.29, 1.82) is 0 Å². The zero-order valence-corrected chi connectivity index (χ0v) is 13.0. The van der Waals surface area contributed by atoms with E-state index in [2.05, 4.69) is 42.6 Å². The van der Waals surface area contributed by atoms with Gasteiger partial charge in [-0.05, 0) is 36.6 Å². The van der Waals surface area contributed by atoms with Gasteiger partial charge in [0.05, 0.1) is 13.2 Å². The molecule has 20 heavy (non-hydrogen) atoms. The molecule has 0 aromatic heterocycles. The largest absolute Gasteiger partial charge is 0.496 e. The van der Waals surface area contributed by atoms with Crippen LogP contribution in [0.15, 0.2) is 53.4 Å². The van der Waals surface area contributed by atoms with Gasteiger partial charge in [0.1, 0.15) is 5.75 Å². The highest BCUT2D eigenvalue weighted by molar-refractivity contribution is 7.99. The molecule has 2 aromatic rings. The molecule has 0 radical (unpaired) electrons. The van der Waals surface area contributed by atoms with Crippen molar-refractivity contribution in [3.63, 3.8) is 0 Å². The van der Waals surface area contributed by atoms with Crippen molar-refractivity contribution in [2.75, 3.05) is 19.9 Å². The van der Waals surface area contributed by atoms with Crippen molar-refractivity contribution < 1.29 is 4.74 Å². The number of nitrogens with one attached hydrogen (secondary N) is 1. The minimum atomic E-state index is 0.145. The minimum Gasteiger partial charge on any atom is -0.496 e. The highest BCUT2D eigenvalue weighted by Gasteiger charge is 2.15. The molecule has 0 amide bonds. The monoisotopic (exact) mass is 287 g/mol. The summed E-state index contributed by atoms with van der Waals surface area (Å²) >= 11 is 1.86. The van der Waals surface area contributed by atoms with Gasteiger partial charge in [-0.1, -0.05) is 37.3 Å². The molecule has 3 heteroatoms. The van der Waals surface area contributed by atoms with Gasteiger partial charge < -0.3 is 10.1 Å². The third-order valence-corrected chi connectivity index (χ3v) is 4.16. The maximum Gasteiger partial charge on any atom is 0.123 e. The Balaban J connectivity index is 2.31. The van der Waals surface area contributed by atoms with Gasteiger partial charge in [-0.2, -0.15) is 0 Å². The molecule has 2 aromatic carbocycles. The maximum atomic E-state index is 5.47. The van der Waals surface area contributed by atoms with E-state index in [9.17, 15) is 0 Å². The number of methoxy groups -OCH3 is 1. The SMILES string of the molecule is CCSc1ccc(C(NC)c2ccccc2OC)cc1. The third kappa shape index (κ3) is 3.35. The zero-order chi connectivity index (χ0) is 14.4. The first-order chi connectivity index (χ1) is 9.80. The number of hydrogen-bond acceptors (Lipinski definition) is 3. The highest BCUT2D eigenvalue weighted by Crippen LogP contribution is 2.30. The van der Waals surface area contributed by atoms with Crippen LogP contribution in [0.3, 0.4) is 0 Å². The molecule has 1 N–H and O–H groups in total. The van der Waals surface area contributed by atoms with Gasteiger partial charge in [0, 0.05) is 10.5 Å². The average Bonchev–Trinajstić information content (AvgIpc) is 2.50. The second-order valence-corrected chi connectivity index (χ2v) is 5.80. The fourth-order valence-corrected chi connectivity index (χ4v) is 2.99. The number of thioether (sulfide) groups is 1. The van der Waals surface area contributed by atoms with E-state index in [4.69, 9.17) is 4.74 Å². The van der Waals surface area contributed by atoms with Gasteiger partial charge in [-0.3, -0.25) is 0 Å². The summed E-state index contributed by atoms with van der Waals surface area (Å²) in [5.74, 6) is 2.01. The summed E-state index contributed by atoms with van der Waals surface area (Å²) in [6.45, 7) is 2.17. The van der Waals surface area contributed by atoms with Gasteiger partial charge in [-0.25, -0.2) is 0 Å². The minimum absolute atomic E-state index is 0.145. The highest BCUT2D eigenvalue weighted by atomic mass is 32.2. The van der Waals surface area contributed by atoms with E-state index < -0.39 is 0 Å². The van der Waals surface area contributed by atoms with Gasteiger partial charge in [0.15, 0.2) is 0 Å². The molecule has 2 rings (SSSR count). The van der Waals surface area contributed by atoms with Crippen LogP contribution in [-0.2, 0) is 0 Å². The zero-order valence-electron chi connectivity index (χ0n) is 12.2. The molecule has 0 fully saturated rings.